The Morgan fingerprint density at radius 2 is 1.91 bits per heavy atom. The van der Waals surface area contributed by atoms with Gasteiger partial charge in [0.2, 0.25) is 5.91 Å². The van der Waals surface area contributed by atoms with Crippen molar-refractivity contribution in [1.82, 2.24) is 13.6 Å². The summed E-state index contributed by atoms with van der Waals surface area (Å²) in [7, 11) is -3.83. The van der Waals surface area contributed by atoms with Crippen LogP contribution in [0.15, 0.2) is 54.9 Å². The summed E-state index contributed by atoms with van der Waals surface area (Å²) in [5.41, 5.74) is 1.22. The van der Waals surface area contributed by atoms with Crippen molar-refractivity contribution in [2.45, 2.75) is 18.4 Å². The van der Waals surface area contributed by atoms with Crippen molar-refractivity contribution in [2.24, 2.45) is 5.92 Å². The van der Waals surface area contributed by atoms with E-state index in [0.717, 1.165) is 21.9 Å². The van der Waals surface area contributed by atoms with Gasteiger partial charge in [0.15, 0.2) is 0 Å². The van der Waals surface area contributed by atoms with E-state index >= 15 is 0 Å². The number of carbonyl (C=O) groups excluding carboxylic acids is 1. The van der Waals surface area contributed by atoms with Gasteiger partial charge in [0.1, 0.15) is 0 Å². The van der Waals surface area contributed by atoms with Crippen LogP contribution in [0.4, 0.5) is 5.69 Å². The van der Waals surface area contributed by atoms with E-state index in [1.54, 1.807) is 29.4 Å². The number of pyridine rings is 1. The molecule has 2 fully saturated rings. The molecule has 0 N–H and O–H groups in total. The van der Waals surface area contributed by atoms with Gasteiger partial charge in [-0.05, 0) is 29.7 Å². The highest BCUT2D eigenvalue weighted by Crippen LogP contribution is 2.46. The summed E-state index contributed by atoms with van der Waals surface area (Å²) in [6.07, 6.45) is 3.91. The number of nitriles is 1. The molecule has 1 unspecified atom stereocenters. The van der Waals surface area contributed by atoms with Crippen LogP contribution in [0.2, 0.25) is 5.02 Å². The molecule has 3 aliphatic heterocycles. The summed E-state index contributed by atoms with van der Waals surface area (Å²) >= 11 is 6.35. The summed E-state index contributed by atoms with van der Waals surface area (Å²) in [5, 5.41) is 11.5. The summed E-state index contributed by atoms with van der Waals surface area (Å²) in [4.78, 5) is 20.3. The Kier molecular flexibility index (Phi) is 5.13. The number of benzene rings is 2. The number of rotatable bonds is 3. The molecule has 0 aliphatic carbocycles. The predicted octanol–water partition coefficient (Wildman–Crippen LogP) is 3.08. The molecule has 2 saturated heterocycles. The molecule has 0 bridgehead atoms. The number of fused-ring (bicyclic) bond motifs is 3. The van der Waals surface area contributed by atoms with E-state index < -0.39 is 15.6 Å². The van der Waals surface area contributed by atoms with Crippen LogP contribution in [0.5, 0.6) is 0 Å². The Morgan fingerprint density at radius 1 is 1.11 bits per heavy atom. The second-order valence-corrected chi connectivity index (χ2v) is 11.8. The zero-order valence-corrected chi connectivity index (χ0v) is 20.3. The first-order valence-electron chi connectivity index (χ1n) is 11.4. The normalized spacial score (nSPS) is 23.4. The zero-order chi connectivity index (χ0) is 24.4. The van der Waals surface area contributed by atoms with Crippen molar-refractivity contribution >= 4 is 44.2 Å². The van der Waals surface area contributed by atoms with Gasteiger partial charge < -0.3 is 4.90 Å². The Labute approximate surface area is 208 Å². The minimum atomic E-state index is -3.83. The number of nitrogens with zero attached hydrogens (tertiary/aromatic N) is 5. The molecule has 3 aliphatic rings. The van der Waals surface area contributed by atoms with Gasteiger partial charge in [-0.1, -0.05) is 41.9 Å². The van der Waals surface area contributed by atoms with Gasteiger partial charge in [-0.2, -0.15) is 22.3 Å². The lowest BCUT2D eigenvalue weighted by molar-refractivity contribution is -0.122. The maximum absolute atomic E-state index is 14.2. The molecular formula is C25H22ClN5O3S. The molecule has 1 amide bonds. The van der Waals surface area contributed by atoms with Crippen molar-refractivity contribution in [1.29, 1.82) is 5.26 Å². The average Bonchev–Trinajstić information content (AvgIpc) is 3.14. The third-order valence-electron chi connectivity index (χ3n) is 7.42. The maximum atomic E-state index is 14.2. The van der Waals surface area contributed by atoms with Crippen LogP contribution >= 0.6 is 11.6 Å². The van der Waals surface area contributed by atoms with Gasteiger partial charge in [0.25, 0.3) is 10.2 Å². The van der Waals surface area contributed by atoms with Crippen molar-refractivity contribution in [2.75, 3.05) is 31.1 Å². The van der Waals surface area contributed by atoms with E-state index in [1.165, 1.54) is 8.61 Å². The average molecular weight is 508 g/mol. The molecule has 0 saturated carbocycles. The Bertz CT molecular complexity index is 1510. The fourth-order valence-corrected chi connectivity index (χ4v) is 7.43. The van der Waals surface area contributed by atoms with E-state index in [0.29, 0.717) is 23.7 Å². The smallest absolute Gasteiger partial charge is 0.282 e. The Balaban J connectivity index is 1.42. The van der Waals surface area contributed by atoms with E-state index in [1.807, 2.05) is 30.3 Å². The molecule has 1 aromatic heterocycles. The lowest BCUT2D eigenvalue weighted by Crippen LogP contribution is -2.59. The molecule has 6 rings (SSSR count). The number of hydrogen-bond acceptors (Lipinski definition) is 5. The second-order valence-electron chi connectivity index (χ2n) is 9.39. The molecule has 35 heavy (non-hydrogen) atoms. The van der Waals surface area contributed by atoms with Gasteiger partial charge in [-0.3, -0.25) is 9.78 Å². The van der Waals surface area contributed by atoms with Crippen LogP contribution in [-0.2, 0) is 27.0 Å². The number of carbonyl (C=O) groups is 1. The molecule has 1 spiro atoms. The quantitative estimate of drug-likeness (QED) is 0.542. The molecule has 8 nitrogen and oxygen atoms in total. The van der Waals surface area contributed by atoms with Crippen molar-refractivity contribution in [3.05, 3.63) is 71.0 Å². The molecule has 1 atom stereocenters. The van der Waals surface area contributed by atoms with Gasteiger partial charge in [0.05, 0.1) is 29.3 Å². The number of hydrogen-bond donors (Lipinski definition) is 0. The van der Waals surface area contributed by atoms with E-state index in [9.17, 15) is 13.2 Å². The lowest BCUT2D eigenvalue weighted by atomic mass is 9.74. The number of amides is 1. The van der Waals surface area contributed by atoms with Crippen LogP contribution in [0.1, 0.15) is 17.5 Å². The fourth-order valence-electron chi connectivity index (χ4n) is 5.51. The van der Waals surface area contributed by atoms with Gasteiger partial charge in [-0.15, -0.1) is 0 Å². The number of aromatic nitrogens is 1. The topological polar surface area (TPSA) is 97.6 Å². The molecule has 2 aromatic carbocycles. The second kappa shape index (κ2) is 8.00. The minimum Gasteiger partial charge on any atom is -0.309 e. The largest absolute Gasteiger partial charge is 0.309 e. The van der Waals surface area contributed by atoms with Crippen LogP contribution in [0.25, 0.3) is 10.8 Å². The summed E-state index contributed by atoms with van der Waals surface area (Å²) in [6, 6.07) is 15.2. The molecule has 0 radical (unpaired) electrons. The van der Waals surface area contributed by atoms with Gasteiger partial charge in [-0.25, -0.2) is 0 Å². The van der Waals surface area contributed by atoms with E-state index in [2.05, 4.69) is 11.1 Å². The fraction of sp³-hybridized carbons (Fsp3) is 0.320. The molecular weight excluding hydrogens is 486 g/mol. The first-order chi connectivity index (χ1) is 16.8. The van der Waals surface area contributed by atoms with Crippen LogP contribution in [-0.4, -0.2) is 54.1 Å². The first-order valence-corrected chi connectivity index (χ1v) is 13.2. The van der Waals surface area contributed by atoms with Crippen molar-refractivity contribution in [3.63, 3.8) is 0 Å². The van der Waals surface area contributed by atoms with Gasteiger partial charge in [0, 0.05) is 54.7 Å². The van der Waals surface area contributed by atoms with Crippen molar-refractivity contribution in [3.8, 4) is 6.07 Å². The Hall–Kier alpha value is -3.03. The van der Waals surface area contributed by atoms with Gasteiger partial charge >= 0.3 is 0 Å². The molecule has 3 aromatic rings. The predicted molar refractivity (Wildman–Crippen MR) is 132 cm³/mol. The van der Waals surface area contributed by atoms with Crippen molar-refractivity contribution < 1.29 is 13.2 Å². The lowest BCUT2D eigenvalue weighted by Gasteiger charge is -2.44. The summed E-state index contributed by atoms with van der Waals surface area (Å²) in [6.45, 7) is 0.987. The van der Waals surface area contributed by atoms with Crippen LogP contribution in [0, 0.1) is 17.2 Å². The minimum absolute atomic E-state index is 0.0317. The SMILES string of the molecule is N#CC1CN(S(=O)(=O)N2Cc3ccc(Cl)cc3C3(CCN(c4cncc5ccccc45)C3=O)C2)C1. The maximum Gasteiger partial charge on any atom is 0.282 e. The highest BCUT2D eigenvalue weighted by molar-refractivity contribution is 7.86. The standard InChI is InChI=1S/C25H22ClN5O3S/c26-20-6-5-19-15-30(35(33,34)29-13-17(10-27)14-29)16-25(22(19)9-20)7-8-31(24(25)32)23-12-28-11-18-3-1-2-4-21(18)23/h1-6,9,11-12,17H,7-8,13-16H2. The monoisotopic (exact) mass is 507 g/mol. The third kappa shape index (κ3) is 3.36. The van der Waals surface area contributed by atoms with Crippen LogP contribution < -0.4 is 4.90 Å². The summed E-state index contributed by atoms with van der Waals surface area (Å²) in [5.74, 6) is -0.449. The highest BCUT2D eigenvalue weighted by Gasteiger charge is 2.55. The van der Waals surface area contributed by atoms with E-state index in [-0.39, 0.29) is 38.0 Å². The zero-order valence-electron chi connectivity index (χ0n) is 18.8. The molecule has 10 heteroatoms. The highest BCUT2D eigenvalue weighted by atomic mass is 35.5. The molecule has 178 valence electrons. The van der Waals surface area contributed by atoms with E-state index in [4.69, 9.17) is 16.9 Å². The number of anilines is 1. The third-order valence-corrected chi connectivity index (χ3v) is 9.51. The molecule has 4 heterocycles. The first kappa shape index (κ1) is 22.4. The number of halogens is 1. The summed E-state index contributed by atoms with van der Waals surface area (Å²) < 4.78 is 29.6. The van der Waals surface area contributed by atoms with Crippen LogP contribution in [0.3, 0.4) is 0 Å². The Morgan fingerprint density at radius 3 is 2.71 bits per heavy atom.